The van der Waals surface area contributed by atoms with Gasteiger partial charge in [-0.15, -0.1) is 5.92 Å². The summed E-state index contributed by atoms with van der Waals surface area (Å²) in [5, 5.41) is 2.18. The van der Waals surface area contributed by atoms with Gasteiger partial charge in [-0.1, -0.05) is 36.3 Å². The fraction of sp³-hybridized carbons (Fsp3) is 0.350. The Labute approximate surface area is 148 Å². The zero-order valence-corrected chi connectivity index (χ0v) is 14.5. The summed E-state index contributed by atoms with van der Waals surface area (Å²) in [5.41, 5.74) is 5.11. The van der Waals surface area contributed by atoms with Gasteiger partial charge in [-0.25, -0.2) is 20.0 Å². The van der Waals surface area contributed by atoms with E-state index in [1.54, 1.807) is 6.20 Å². The van der Waals surface area contributed by atoms with Crippen molar-refractivity contribution in [1.82, 2.24) is 20.4 Å². The molecule has 5 heteroatoms. The molecule has 2 aromatic rings. The van der Waals surface area contributed by atoms with Crippen LogP contribution in [0.15, 0.2) is 41.5 Å². The Morgan fingerprint density at radius 1 is 1.24 bits per heavy atom. The van der Waals surface area contributed by atoms with E-state index in [0.29, 0.717) is 17.7 Å². The van der Waals surface area contributed by atoms with Crippen LogP contribution in [0.2, 0.25) is 0 Å². The van der Waals surface area contributed by atoms with Gasteiger partial charge in [0.2, 0.25) is 0 Å². The molecule has 1 atom stereocenters. The predicted molar refractivity (Wildman–Crippen MR) is 99.1 cm³/mol. The molecule has 126 valence electrons. The lowest BCUT2D eigenvalue weighted by atomic mass is 10.1. The maximum atomic E-state index is 4.78. The molecular weight excluding hydrogens is 310 g/mol. The van der Waals surface area contributed by atoms with Gasteiger partial charge in [0.25, 0.3) is 0 Å². The van der Waals surface area contributed by atoms with E-state index >= 15 is 0 Å². The van der Waals surface area contributed by atoms with Gasteiger partial charge in [-0.3, -0.25) is 0 Å². The number of aromatic nitrogens is 2. The largest absolute Gasteiger partial charge is 0.306 e. The molecule has 25 heavy (non-hydrogen) atoms. The second-order valence-corrected chi connectivity index (χ2v) is 6.56. The first-order valence-electron chi connectivity index (χ1n) is 8.67. The quantitative estimate of drug-likeness (QED) is 0.878. The minimum atomic E-state index is 0.537. The average molecular weight is 331 g/mol. The number of rotatable bonds is 3. The second-order valence-electron chi connectivity index (χ2n) is 6.56. The number of benzene rings is 1. The molecule has 0 spiro atoms. The monoisotopic (exact) mass is 331 g/mol. The van der Waals surface area contributed by atoms with Gasteiger partial charge in [-0.05, 0) is 25.7 Å². The highest BCUT2D eigenvalue weighted by atomic mass is 15.5. The van der Waals surface area contributed by atoms with Crippen molar-refractivity contribution in [3.63, 3.8) is 0 Å². The summed E-state index contributed by atoms with van der Waals surface area (Å²) < 4.78 is 0. The molecule has 0 radical (unpaired) electrons. The molecule has 1 aliphatic carbocycles. The number of hydrogen-bond donors (Lipinski definition) is 1. The van der Waals surface area contributed by atoms with E-state index in [-0.39, 0.29) is 0 Å². The third-order valence-electron chi connectivity index (χ3n) is 4.67. The Morgan fingerprint density at radius 2 is 2.04 bits per heavy atom. The van der Waals surface area contributed by atoms with Crippen LogP contribution in [-0.4, -0.2) is 33.9 Å². The van der Waals surface area contributed by atoms with E-state index in [4.69, 9.17) is 4.99 Å². The fourth-order valence-electron chi connectivity index (χ4n) is 3.24. The lowest BCUT2D eigenvalue weighted by molar-refractivity contribution is 0.225. The number of nitrogens with zero attached hydrogens (tertiary/aromatic N) is 4. The normalized spacial score (nSPS) is 21.7. The van der Waals surface area contributed by atoms with Crippen molar-refractivity contribution in [2.75, 3.05) is 7.05 Å². The molecule has 2 aliphatic rings. The van der Waals surface area contributed by atoms with Gasteiger partial charge in [0.15, 0.2) is 11.6 Å². The molecule has 1 saturated carbocycles. The van der Waals surface area contributed by atoms with E-state index in [2.05, 4.69) is 39.3 Å². The topological polar surface area (TPSA) is 53.4 Å². The summed E-state index contributed by atoms with van der Waals surface area (Å²) in [4.78, 5) is 13.9. The first-order chi connectivity index (χ1) is 12.2. The highest BCUT2D eigenvalue weighted by Crippen LogP contribution is 2.38. The van der Waals surface area contributed by atoms with Crippen LogP contribution in [-0.2, 0) is 0 Å². The van der Waals surface area contributed by atoms with Crippen molar-refractivity contribution in [3.05, 3.63) is 42.1 Å². The molecule has 1 N–H and O–H groups in total. The summed E-state index contributed by atoms with van der Waals surface area (Å²) in [6.45, 7) is 1.81. The van der Waals surface area contributed by atoms with Gasteiger partial charge < -0.3 is 5.43 Å². The maximum Gasteiger partial charge on any atom is 0.173 e. The number of hydrogen-bond acceptors (Lipinski definition) is 4. The molecule has 4 rings (SSSR count). The molecular formula is C20H21N5. The second kappa shape index (κ2) is 6.66. The number of nitrogens with one attached hydrogen (secondary N) is 1. The van der Waals surface area contributed by atoms with Gasteiger partial charge in [-0.2, -0.15) is 0 Å². The van der Waals surface area contributed by atoms with Crippen LogP contribution in [0.4, 0.5) is 5.82 Å². The first-order valence-corrected chi connectivity index (χ1v) is 8.67. The predicted octanol–water partition coefficient (Wildman–Crippen LogP) is 3.16. The number of amidine groups is 1. The molecule has 2 fully saturated rings. The van der Waals surface area contributed by atoms with Crippen molar-refractivity contribution in [2.45, 2.75) is 32.2 Å². The van der Waals surface area contributed by atoms with E-state index in [1.807, 2.05) is 37.3 Å². The third-order valence-corrected chi connectivity index (χ3v) is 4.67. The van der Waals surface area contributed by atoms with E-state index in [0.717, 1.165) is 29.3 Å². The molecule has 1 saturated heterocycles. The molecule has 1 unspecified atom stereocenters. The lowest BCUT2D eigenvalue weighted by Crippen LogP contribution is -2.35. The van der Waals surface area contributed by atoms with Crippen LogP contribution >= 0.6 is 0 Å². The molecule has 1 aromatic carbocycles. The standard InChI is InChI=1S/C20H21N5/c1-3-7-16-13-21-19(15-8-5-4-6-9-15)23-20(16)22-18-12-17(14-10-11-14)25(2)24-18/h4-6,8-9,13-14,17H,10-12H2,1-2H3,(H,21,22,23,24). The van der Waals surface area contributed by atoms with E-state index < -0.39 is 0 Å². The van der Waals surface area contributed by atoms with Crippen LogP contribution in [0.5, 0.6) is 0 Å². The summed E-state index contributed by atoms with van der Waals surface area (Å²) in [5.74, 6) is 9.05. The van der Waals surface area contributed by atoms with Crippen molar-refractivity contribution in [3.8, 4) is 23.2 Å². The zero-order valence-electron chi connectivity index (χ0n) is 14.5. The third kappa shape index (κ3) is 3.40. The highest BCUT2D eigenvalue weighted by Gasteiger charge is 2.38. The van der Waals surface area contributed by atoms with Gasteiger partial charge in [0.1, 0.15) is 5.84 Å². The highest BCUT2D eigenvalue weighted by molar-refractivity contribution is 5.87. The number of aliphatic imine (C=N–C) groups is 1. The lowest BCUT2D eigenvalue weighted by Gasteiger charge is -2.16. The van der Waals surface area contributed by atoms with Crippen molar-refractivity contribution >= 4 is 11.7 Å². The van der Waals surface area contributed by atoms with Crippen LogP contribution in [0, 0.1) is 17.8 Å². The minimum absolute atomic E-state index is 0.537. The van der Waals surface area contributed by atoms with E-state index in [1.165, 1.54) is 12.8 Å². The molecule has 0 bridgehead atoms. The van der Waals surface area contributed by atoms with Crippen LogP contribution in [0.3, 0.4) is 0 Å². The smallest absolute Gasteiger partial charge is 0.173 e. The molecule has 2 heterocycles. The average Bonchev–Trinajstić information content (AvgIpc) is 3.41. The van der Waals surface area contributed by atoms with Gasteiger partial charge >= 0.3 is 0 Å². The van der Waals surface area contributed by atoms with Crippen LogP contribution < -0.4 is 5.43 Å². The Kier molecular flexibility index (Phi) is 4.21. The Balaban J connectivity index is 1.69. The van der Waals surface area contributed by atoms with E-state index in [9.17, 15) is 0 Å². The fourth-order valence-corrected chi connectivity index (χ4v) is 3.24. The molecule has 0 amide bonds. The van der Waals surface area contributed by atoms with Gasteiger partial charge in [0.05, 0.1) is 5.56 Å². The summed E-state index contributed by atoms with van der Waals surface area (Å²) in [7, 11) is 2.09. The molecule has 1 aliphatic heterocycles. The Hall–Kier alpha value is -2.71. The van der Waals surface area contributed by atoms with Gasteiger partial charge in [0, 0.05) is 31.3 Å². The zero-order chi connectivity index (χ0) is 17.2. The summed E-state index contributed by atoms with van der Waals surface area (Å²) >= 11 is 0. The summed E-state index contributed by atoms with van der Waals surface area (Å²) in [6, 6.07) is 10.5. The maximum absolute atomic E-state index is 4.78. The Morgan fingerprint density at radius 3 is 2.76 bits per heavy atom. The molecule has 1 aromatic heterocycles. The van der Waals surface area contributed by atoms with Crippen LogP contribution in [0.25, 0.3) is 11.4 Å². The first kappa shape index (κ1) is 15.8. The number of hydrazine groups is 1. The minimum Gasteiger partial charge on any atom is -0.306 e. The van der Waals surface area contributed by atoms with Crippen molar-refractivity contribution in [1.29, 1.82) is 0 Å². The summed E-state index contributed by atoms with van der Waals surface area (Å²) in [6.07, 6.45) is 5.34. The van der Waals surface area contributed by atoms with Crippen LogP contribution in [0.1, 0.15) is 31.7 Å². The molecule has 5 nitrogen and oxygen atoms in total. The SMILES string of the molecule is CC#Cc1cnc(-c2ccccc2)nc1N=C1CC(C2CC2)N(C)N1. The van der Waals surface area contributed by atoms with Crippen molar-refractivity contribution < 1.29 is 0 Å². The Bertz CT molecular complexity index is 859. The van der Waals surface area contributed by atoms with Crippen molar-refractivity contribution in [2.24, 2.45) is 10.9 Å².